The summed E-state index contributed by atoms with van der Waals surface area (Å²) in [4.78, 5) is 11.8. The number of carbonyl (C=O) groups is 1. The smallest absolute Gasteiger partial charge is 0.262 e. The molecule has 0 spiro atoms. The SMILES string of the molecule is C#Cc1cccc(NC(=O)COc2ccc(Cl)cc2Br)c1. The van der Waals surface area contributed by atoms with Gasteiger partial charge >= 0.3 is 0 Å². The van der Waals surface area contributed by atoms with Crippen LogP contribution in [0.25, 0.3) is 0 Å². The number of ether oxygens (including phenoxy) is 1. The Balaban J connectivity index is 1.94. The molecule has 21 heavy (non-hydrogen) atoms. The standard InChI is InChI=1S/C16H11BrClNO2/c1-2-11-4-3-5-13(8-11)19-16(20)10-21-15-7-6-12(18)9-14(15)17/h1,3-9H,10H2,(H,19,20). The number of terminal acetylenes is 1. The summed E-state index contributed by atoms with van der Waals surface area (Å²) in [6.45, 7) is -0.111. The maximum atomic E-state index is 11.8. The van der Waals surface area contributed by atoms with Crippen LogP contribution in [0.4, 0.5) is 5.69 Å². The number of nitrogens with one attached hydrogen (secondary N) is 1. The average molecular weight is 365 g/mol. The van der Waals surface area contributed by atoms with Gasteiger partial charge in [-0.15, -0.1) is 6.42 Å². The molecule has 0 aliphatic heterocycles. The number of halogens is 2. The summed E-state index contributed by atoms with van der Waals surface area (Å²) >= 11 is 9.15. The van der Waals surface area contributed by atoms with Gasteiger partial charge in [-0.1, -0.05) is 23.6 Å². The van der Waals surface area contributed by atoms with Crippen molar-refractivity contribution >= 4 is 39.1 Å². The molecule has 0 heterocycles. The van der Waals surface area contributed by atoms with Gasteiger partial charge < -0.3 is 10.1 Å². The van der Waals surface area contributed by atoms with Crippen LogP contribution >= 0.6 is 27.5 Å². The average Bonchev–Trinajstić information content (AvgIpc) is 2.46. The fourth-order valence-corrected chi connectivity index (χ4v) is 2.42. The zero-order valence-electron chi connectivity index (χ0n) is 10.9. The summed E-state index contributed by atoms with van der Waals surface area (Å²) in [5.41, 5.74) is 1.34. The highest BCUT2D eigenvalue weighted by atomic mass is 79.9. The first-order chi connectivity index (χ1) is 10.1. The van der Waals surface area contributed by atoms with Crippen molar-refractivity contribution in [2.45, 2.75) is 0 Å². The Morgan fingerprint density at radius 1 is 1.33 bits per heavy atom. The summed E-state index contributed by atoms with van der Waals surface area (Å²) in [5, 5.41) is 3.30. The number of rotatable bonds is 4. The quantitative estimate of drug-likeness (QED) is 0.830. The number of hydrogen-bond acceptors (Lipinski definition) is 2. The van der Waals surface area contributed by atoms with Crippen molar-refractivity contribution < 1.29 is 9.53 Å². The van der Waals surface area contributed by atoms with Gasteiger partial charge in [-0.3, -0.25) is 4.79 Å². The van der Waals surface area contributed by atoms with E-state index in [0.717, 1.165) is 0 Å². The van der Waals surface area contributed by atoms with E-state index < -0.39 is 0 Å². The van der Waals surface area contributed by atoms with Gasteiger partial charge in [0.2, 0.25) is 0 Å². The highest BCUT2D eigenvalue weighted by molar-refractivity contribution is 9.10. The highest BCUT2D eigenvalue weighted by Gasteiger charge is 2.07. The molecule has 0 fully saturated rings. The lowest BCUT2D eigenvalue weighted by Crippen LogP contribution is -2.20. The molecule has 3 nitrogen and oxygen atoms in total. The second-order valence-corrected chi connectivity index (χ2v) is 5.43. The lowest BCUT2D eigenvalue weighted by molar-refractivity contribution is -0.118. The molecule has 1 amide bonds. The van der Waals surface area contributed by atoms with Crippen molar-refractivity contribution in [1.82, 2.24) is 0 Å². The Morgan fingerprint density at radius 3 is 2.86 bits per heavy atom. The van der Waals surface area contributed by atoms with E-state index in [-0.39, 0.29) is 12.5 Å². The minimum Gasteiger partial charge on any atom is -0.483 e. The third-order valence-electron chi connectivity index (χ3n) is 2.57. The molecule has 0 aromatic heterocycles. The van der Waals surface area contributed by atoms with Crippen LogP contribution in [0, 0.1) is 12.3 Å². The van der Waals surface area contributed by atoms with Gasteiger partial charge in [-0.2, -0.15) is 0 Å². The summed E-state index contributed by atoms with van der Waals surface area (Å²) in [6.07, 6.45) is 5.31. The molecule has 2 aromatic rings. The van der Waals surface area contributed by atoms with Gasteiger partial charge in [0, 0.05) is 16.3 Å². The van der Waals surface area contributed by atoms with E-state index in [1.807, 2.05) is 0 Å². The van der Waals surface area contributed by atoms with Crippen molar-refractivity contribution in [1.29, 1.82) is 0 Å². The fraction of sp³-hybridized carbons (Fsp3) is 0.0625. The molecule has 106 valence electrons. The highest BCUT2D eigenvalue weighted by Crippen LogP contribution is 2.27. The third-order valence-corrected chi connectivity index (χ3v) is 3.42. The molecule has 0 saturated carbocycles. The predicted molar refractivity (Wildman–Crippen MR) is 87.7 cm³/mol. The zero-order valence-corrected chi connectivity index (χ0v) is 13.2. The summed E-state index contributed by atoms with van der Waals surface area (Å²) < 4.78 is 6.12. The first-order valence-corrected chi connectivity index (χ1v) is 7.20. The molecule has 0 saturated heterocycles. The van der Waals surface area contributed by atoms with Gasteiger partial charge in [-0.25, -0.2) is 0 Å². The van der Waals surface area contributed by atoms with Crippen LogP contribution in [0.2, 0.25) is 5.02 Å². The topological polar surface area (TPSA) is 38.3 Å². The summed E-state index contributed by atoms with van der Waals surface area (Å²) in [5.74, 6) is 2.79. The largest absolute Gasteiger partial charge is 0.483 e. The Hall–Kier alpha value is -1.96. The Kier molecular flexibility index (Phi) is 5.26. The summed E-state index contributed by atoms with van der Waals surface area (Å²) in [6, 6.07) is 12.1. The number of carbonyl (C=O) groups excluding carboxylic acids is 1. The number of hydrogen-bond donors (Lipinski definition) is 1. The van der Waals surface area contributed by atoms with Crippen LogP contribution in [-0.4, -0.2) is 12.5 Å². The molecule has 2 rings (SSSR count). The maximum Gasteiger partial charge on any atom is 0.262 e. The fourth-order valence-electron chi connectivity index (χ4n) is 1.62. The van der Waals surface area contributed by atoms with Crippen molar-refractivity contribution in [2.24, 2.45) is 0 Å². The lowest BCUT2D eigenvalue weighted by Gasteiger charge is -2.09. The van der Waals surface area contributed by atoms with Crippen molar-refractivity contribution in [3.8, 4) is 18.1 Å². The number of benzene rings is 2. The molecule has 0 atom stereocenters. The Morgan fingerprint density at radius 2 is 2.14 bits per heavy atom. The first kappa shape index (κ1) is 15.4. The minimum absolute atomic E-state index is 0.111. The number of amides is 1. The van der Waals surface area contributed by atoms with Gasteiger partial charge in [0.15, 0.2) is 6.61 Å². The normalized spacial score (nSPS) is 9.76. The summed E-state index contributed by atoms with van der Waals surface area (Å²) in [7, 11) is 0. The van der Waals surface area contributed by atoms with Crippen LogP contribution in [0.15, 0.2) is 46.9 Å². The predicted octanol–water partition coefficient (Wildman–Crippen LogP) is 4.10. The first-order valence-electron chi connectivity index (χ1n) is 6.03. The van der Waals surface area contributed by atoms with Gasteiger partial charge in [0.1, 0.15) is 5.75 Å². The van der Waals surface area contributed by atoms with Crippen LogP contribution < -0.4 is 10.1 Å². The monoisotopic (exact) mass is 363 g/mol. The second kappa shape index (κ2) is 7.16. The molecular formula is C16H11BrClNO2. The van der Waals surface area contributed by atoms with Crippen molar-refractivity contribution in [2.75, 3.05) is 11.9 Å². The van der Waals surface area contributed by atoms with Gasteiger partial charge in [0.05, 0.1) is 4.47 Å². The van der Waals surface area contributed by atoms with E-state index in [2.05, 4.69) is 27.2 Å². The molecule has 0 bridgehead atoms. The molecule has 2 aromatic carbocycles. The molecular weight excluding hydrogens is 354 g/mol. The minimum atomic E-state index is -0.272. The molecule has 0 aliphatic carbocycles. The lowest BCUT2D eigenvalue weighted by atomic mass is 10.2. The third kappa shape index (κ3) is 4.52. The molecule has 0 aliphatic rings. The maximum absolute atomic E-state index is 11.8. The van der Waals surface area contributed by atoms with Gasteiger partial charge in [0.25, 0.3) is 5.91 Å². The van der Waals surface area contributed by atoms with E-state index in [4.69, 9.17) is 22.8 Å². The van der Waals surface area contributed by atoms with Crippen LogP contribution in [-0.2, 0) is 4.79 Å². The molecule has 0 radical (unpaired) electrons. The number of anilines is 1. The van der Waals surface area contributed by atoms with Crippen LogP contribution in [0.3, 0.4) is 0 Å². The van der Waals surface area contributed by atoms with Crippen molar-refractivity contribution in [3.05, 3.63) is 57.5 Å². The van der Waals surface area contributed by atoms with E-state index in [0.29, 0.717) is 26.5 Å². The van der Waals surface area contributed by atoms with E-state index in [1.165, 1.54) is 0 Å². The Bertz CT molecular complexity index is 710. The zero-order chi connectivity index (χ0) is 15.2. The molecule has 5 heteroatoms. The molecule has 1 N–H and O–H groups in total. The van der Waals surface area contributed by atoms with Gasteiger partial charge in [-0.05, 0) is 52.3 Å². The van der Waals surface area contributed by atoms with Crippen LogP contribution in [0.5, 0.6) is 5.75 Å². The molecule has 0 unspecified atom stereocenters. The van der Waals surface area contributed by atoms with Crippen LogP contribution in [0.1, 0.15) is 5.56 Å². The van der Waals surface area contributed by atoms with E-state index >= 15 is 0 Å². The van der Waals surface area contributed by atoms with Crippen molar-refractivity contribution in [3.63, 3.8) is 0 Å². The second-order valence-electron chi connectivity index (χ2n) is 4.14. The van der Waals surface area contributed by atoms with E-state index in [1.54, 1.807) is 42.5 Å². The van der Waals surface area contributed by atoms with E-state index in [9.17, 15) is 4.79 Å². The Labute approximate surface area is 136 Å².